The van der Waals surface area contributed by atoms with Gasteiger partial charge in [-0.15, -0.1) is 11.8 Å². The minimum absolute atomic E-state index is 0.0893. The van der Waals surface area contributed by atoms with Gasteiger partial charge in [-0.2, -0.15) is 0 Å². The van der Waals surface area contributed by atoms with Crippen molar-refractivity contribution < 1.29 is 9.59 Å². The molecule has 3 aromatic rings. The Balaban J connectivity index is 1.85. The van der Waals surface area contributed by atoms with E-state index in [0.717, 1.165) is 35.3 Å². The number of carbonyl (C=O) groups is 2. The van der Waals surface area contributed by atoms with Crippen LogP contribution in [0, 0.1) is 0 Å². The smallest absolute Gasteiger partial charge is 0.243 e. The molecule has 7 heteroatoms. The maximum Gasteiger partial charge on any atom is 0.243 e. The summed E-state index contributed by atoms with van der Waals surface area (Å²) < 4.78 is 0. The molecule has 0 heterocycles. The van der Waals surface area contributed by atoms with Gasteiger partial charge in [-0.25, -0.2) is 0 Å². The third kappa shape index (κ3) is 8.88. The Kier molecular flexibility index (Phi) is 11.7. The van der Waals surface area contributed by atoms with Gasteiger partial charge in [0.15, 0.2) is 0 Å². The zero-order valence-electron chi connectivity index (χ0n) is 20.5. The van der Waals surface area contributed by atoms with E-state index < -0.39 is 6.04 Å². The van der Waals surface area contributed by atoms with E-state index in [2.05, 4.69) is 12.2 Å². The summed E-state index contributed by atoms with van der Waals surface area (Å²) in [6.07, 6.45) is 2.29. The molecule has 0 unspecified atom stereocenters. The summed E-state index contributed by atoms with van der Waals surface area (Å²) in [7, 11) is 0. The number of rotatable bonds is 13. The van der Waals surface area contributed by atoms with Crippen LogP contribution in [0.1, 0.15) is 36.5 Å². The summed E-state index contributed by atoms with van der Waals surface area (Å²) in [6.45, 7) is 2.93. The first-order valence-corrected chi connectivity index (χ1v) is 14.1. The van der Waals surface area contributed by atoms with Gasteiger partial charge in [0.2, 0.25) is 11.8 Å². The Morgan fingerprint density at radius 3 is 2.19 bits per heavy atom. The topological polar surface area (TPSA) is 49.4 Å². The lowest BCUT2D eigenvalue weighted by Gasteiger charge is -2.31. The lowest BCUT2D eigenvalue weighted by molar-refractivity contribution is -0.139. The molecule has 3 rings (SSSR count). The molecule has 2 amide bonds. The van der Waals surface area contributed by atoms with Gasteiger partial charge in [0.25, 0.3) is 0 Å². The van der Waals surface area contributed by atoms with E-state index in [1.807, 2.05) is 66.7 Å². The molecule has 0 spiro atoms. The fourth-order valence-corrected chi connectivity index (χ4v) is 5.00. The molecule has 0 saturated heterocycles. The number of benzene rings is 3. The van der Waals surface area contributed by atoms with Crippen molar-refractivity contribution >= 4 is 46.8 Å². The molecule has 1 atom stereocenters. The lowest BCUT2D eigenvalue weighted by Crippen LogP contribution is -2.51. The Morgan fingerprint density at radius 1 is 0.889 bits per heavy atom. The number of amides is 2. The van der Waals surface area contributed by atoms with Crippen LogP contribution in [0.5, 0.6) is 0 Å². The van der Waals surface area contributed by atoms with Gasteiger partial charge in [0, 0.05) is 25.3 Å². The van der Waals surface area contributed by atoms with Crippen molar-refractivity contribution in [2.24, 2.45) is 0 Å². The standard InChI is InChI=1S/C29H32Cl2N2O2S/c1-2-3-16-32-29(35)27(18-22-10-6-4-7-11-22)33(19-24-14-15-25(30)26(31)17-24)28(34)21-36-20-23-12-8-5-9-13-23/h4-15,17,27H,2-3,16,18-21H2,1H3,(H,32,35)/t27-/m0/s1. The van der Waals surface area contributed by atoms with E-state index in [1.165, 1.54) is 0 Å². The number of nitrogens with zero attached hydrogens (tertiary/aromatic N) is 1. The number of hydrogen-bond acceptors (Lipinski definition) is 3. The fourth-order valence-electron chi connectivity index (χ4n) is 3.81. The number of hydrogen-bond donors (Lipinski definition) is 1. The highest BCUT2D eigenvalue weighted by Gasteiger charge is 2.30. The van der Waals surface area contributed by atoms with Crippen LogP contribution in [0.3, 0.4) is 0 Å². The number of unbranched alkanes of at least 4 members (excludes halogenated alkanes) is 1. The number of carbonyl (C=O) groups excluding carboxylic acids is 2. The highest BCUT2D eigenvalue weighted by molar-refractivity contribution is 7.99. The second kappa shape index (κ2) is 14.9. The molecule has 0 aliphatic rings. The SMILES string of the molecule is CCCCNC(=O)[C@H](Cc1ccccc1)N(Cc1ccc(Cl)c(Cl)c1)C(=O)CSCc1ccccc1. The highest BCUT2D eigenvalue weighted by atomic mass is 35.5. The molecule has 0 aliphatic heterocycles. The minimum atomic E-state index is -0.650. The van der Waals surface area contributed by atoms with Crippen LogP contribution >= 0.6 is 35.0 Å². The summed E-state index contributed by atoms with van der Waals surface area (Å²) in [4.78, 5) is 28.7. The van der Waals surface area contributed by atoms with Crippen molar-refractivity contribution in [3.63, 3.8) is 0 Å². The van der Waals surface area contributed by atoms with Crippen molar-refractivity contribution in [3.05, 3.63) is 106 Å². The zero-order chi connectivity index (χ0) is 25.8. The van der Waals surface area contributed by atoms with Crippen LogP contribution in [-0.4, -0.2) is 35.1 Å². The van der Waals surface area contributed by atoms with E-state index in [-0.39, 0.29) is 24.1 Å². The van der Waals surface area contributed by atoms with Crippen molar-refractivity contribution in [1.82, 2.24) is 10.2 Å². The molecule has 4 nitrogen and oxygen atoms in total. The molecular weight excluding hydrogens is 511 g/mol. The molecule has 0 radical (unpaired) electrons. The van der Waals surface area contributed by atoms with Gasteiger partial charge in [-0.05, 0) is 35.2 Å². The monoisotopic (exact) mass is 542 g/mol. The van der Waals surface area contributed by atoms with Crippen molar-refractivity contribution in [1.29, 1.82) is 0 Å². The Morgan fingerprint density at radius 2 is 1.56 bits per heavy atom. The first kappa shape index (κ1) is 28.1. The molecule has 1 N–H and O–H groups in total. The maximum absolute atomic E-state index is 13.6. The highest BCUT2D eigenvalue weighted by Crippen LogP contribution is 2.25. The second-order valence-corrected chi connectivity index (χ2v) is 10.4. The molecule has 3 aromatic carbocycles. The van der Waals surface area contributed by atoms with Gasteiger partial charge in [-0.1, -0.05) is 103 Å². The third-order valence-corrected chi connectivity index (χ3v) is 7.50. The molecule has 190 valence electrons. The van der Waals surface area contributed by atoms with Crippen molar-refractivity contribution in [2.45, 2.75) is 44.5 Å². The van der Waals surface area contributed by atoms with Gasteiger partial charge in [0.05, 0.1) is 15.8 Å². The Labute approximate surface area is 228 Å². The summed E-state index contributed by atoms with van der Waals surface area (Å²) in [6, 6.07) is 24.5. The van der Waals surface area contributed by atoms with E-state index >= 15 is 0 Å². The van der Waals surface area contributed by atoms with Gasteiger partial charge in [-0.3, -0.25) is 9.59 Å². The van der Waals surface area contributed by atoms with Crippen LogP contribution in [0.2, 0.25) is 10.0 Å². The predicted molar refractivity (Wildman–Crippen MR) is 151 cm³/mol. The first-order valence-electron chi connectivity index (χ1n) is 12.1. The average molecular weight is 544 g/mol. The number of thioether (sulfide) groups is 1. The normalized spacial score (nSPS) is 11.6. The largest absolute Gasteiger partial charge is 0.354 e. The van der Waals surface area contributed by atoms with Crippen molar-refractivity contribution in [2.75, 3.05) is 12.3 Å². The fraction of sp³-hybridized carbons (Fsp3) is 0.310. The van der Waals surface area contributed by atoms with Crippen LogP contribution in [-0.2, 0) is 28.3 Å². The predicted octanol–water partition coefficient (Wildman–Crippen LogP) is 6.78. The van der Waals surface area contributed by atoms with E-state index in [1.54, 1.807) is 28.8 Å². The first-order chi connectivity index (χ1) is 17.5. The molecule has 0 aliphatic carbocycles. The maximum atomic E-state index is 13.6. The summed E-state index contributed by atoms with van der Waals surface area (Å²) in [5.41, 5.74) is 2.98. The quantitative estimate of drug-likeness (QED) is 0.242. The lowest BCUT2D eigenvalue weighted by atomic mass is 10.0. The summed E-state index contributed by atoms with van der Waals surface area (Å²) >= 11 is 13.9. The number of halogens is 2. The van der Waals surface area contributed by atoms with Crippen LogP contribution in [0.25, 0.3) is 0 Å². The van der Waals surface area contributed by atoms with E-state index in [4.69, 9.17) is 23.2 Å². The van der Waals surface area contributed by atoms with Gasteiger partial charge >= 0.3 is 0 Å². The Bertz CT molecular complexity index is 1110. The second-order valence-electron chi connectivity index (χ2n) is 8.60. The van der Waals surface area contributed by atoms with Crippen LogP contribution < -0.4 is 5.32 Å². The third-order valence-electron chi connectivity index (χ3n) is 5.77. The molecular formula is C29H32Cl2N2O2S. The molecule has 0 bridgehead atoms. The molecule has 0 saturated carbocycles. The summed E-state index contributed by atoms with van der Waals surface area (Å²) in [5.74, 6) is 0.755. The van der Waals surface area contributed by atoms with Gasteiger partial charge in [0.1, 0.15) is 6.04 Å². The summed E-state index contributed by atoms with van der Waals surface area (Å²) in [5, 5.41) is 3.92. The zero-order valence-corrected chi connectivity index (χ0v) is 22.8. The van der Waals surface area contributed by atoms with E-state index in [0.29, 0.717) is 23.0 Å². The number of nitrogens with one attached hydrogen (secondary N) is 1. The molecule has 36 heavy (non-hydrogen) atoms. The molecule has 0 aromatic heterocycles. The Hall–Kier alpha value is -2.47. The average Bonchev–Trinajstić information content (AvgIpc) is 2.89. The molecule has 0 fully saturated rings. The van der Waals surface area contributed by atoms with Gasteiger partial charge < -0.3 is 10.2 Å². The van der Waals surface area contributed by atoms with E-state index in [9.17, 15) is 9.59 Å². The minimum Gasteiger partial charge on any atom is -0.354 e. The van der Waals surface area contributed by atoms with Crippen LogP contribution in [0.4, 0.5) is 0 Å². The van der Waals surface area contributed by atoms with Crippen molar-refractivity contribution in [3.8, 4) is 0 Å². The van der Waals surface area contributed by atoms with Crippen LogP contribution in [0.15, 0.2) is 78.9 Å².